The number of carbonyl (C=O) groups is 1. The van der Waals surface area contributed by atoms with Crippen molar-refractivity contribution in [3.05, 3.63) is 69.7 Å². The molecule has 1 nitrogen and oxygen atoms in total. The second kappa shape index (κ2) is 5.80. The maximum Gasteiger partial charge on any atom is 0.141 e. The predicted octanol–water partition coefficient (Wildman–Crippen LogP) is 4.18. The van der Waals surface area contributed by atoms with E-state index in [0.717, 1.165) is 17.5 Å². The van der Waals surface area contributed by atoms with E-state index in [-0.39, 0.29) is 5.78 Å². The minimum Gasteiger partial charge on any atom is -0.299 e. The SMILES string of the molecule is O=C(Cc1ccc2c(c1)CCC2)Cc1ccccc1Cl. The molecule has 3 rings (SSSR count). The number of hydrogen-bond acceptors (Lipinski definition) is 1. The first-order valence-electron chi connectivity index (χ1n) is 7.08. The zero-order valence-corrected chi connectivity index (χ0v) is 12.1. The van der Waals surface area contributed by atoms with E-state index in [1.807, 2.05) is 24.3 Å². The highest BCUT2D eigenvalue weighted by molar-refractivity contribution is 6.31. The molecule has 0 spiro atoms. The highest BCUT2D eigenvalue weighted by atomic mass is 35.5. The average Bonchev–Trinajstić information content (AvgIpc) is 2.89. The fraction of sp³-hybridized carbons (Fsp3) is 0.278. The van der Waals surface area contributed by atoms with Crippen LogP contribution in [0.5, 0.6) is 0 Å². The highest BCUT2D eigenvalue weighted by Crippen LogP contribution is 2.23. The first-order valence-corrected chi connectivity index (χ1v) is 7.46. The third-order valence-corrected chi connectivity index (χ3v) is 4.28. The molecule has 1 aliphatic rings. The summed E-state index contributed by atoms with van der Waals surface area (Å²) in [4.78, 5) is 12.2. The zero-order chi connectivity index (χ0) is 13.9. The van der Waals surface area contributed by atoms with Gasteiger partial charge in [0.2, 0.25) is 0 Å². The molecule has 0 radical (unpaired) electrons. The van der Waals surface area contributed by atoms with Gasteiger partial charge >= 0.3 is 0 Å². The Kier molecular flexibility index (Phi) is 3.88. The molecule has 20 heavy (non-hydrogen) atoms. The Hall–Kier alpha value is -1.60. The third kappa shape index (κ3) is 2.94. The Balaban J connectivity index is 1.69. The fourth-order valence-electron chi connectivity index (χ4n) is 2.88. The molecule has 0 amide bonds. The molecule has 2 aromatic carbocycles. The standard InChI is InChI=1S/C18H17ClO/c19-18-7-2-1-4-16(18)12-17(20)11-13-8-9-14-5-3-6-15(14)10-13/h1-2,4,7-10H,3,5-6,11-12H2. The topological polar surface area (TPSA) is 17.1 Å². The Morgan fingerprint density at radius 2 is 1.80 bits per heavy atom. The molecule has 2 heteroatoms. The number of rotatable bonds is 4. The Morgan fingerprint density at radius 3 is 2.65 bits per heavy atom. The van der Waals surface area contributed by atoms with Gasteiger partial charge < -0.3 is 0 Å². The lowest BCUT2D eigenvalue weighted by molar-refractivity contribution is -0.117. The van der Waals surface area contributed by atoms with Crippen molar-refractivity contribution in [1.29, 1.82) is 0 Å². The average molecular weight is 285 g/mol. The van der Waals surface area contributed by atoms with Crippen molar-refractivity contribution in [2.24, 2.45) is 0 Å². The number of Topliss-reactive ketones (excluding diaryl/α,β-unsaturated/α-hetero) is 1. The second-order valence-corrected chi connectivity index (χ2v) is 5.85. The molecule has 1 aliphatic carbocycles. The van der Waals surface area contributed by atoms with Gasteiger partial charge in [0.1, 0.15) is 5.78 Å². The van der Waals surface area contributed by atoms with Gasteiger partial charge in [0.15, 0.2) is 0 Å². The minimum absolute atomic E-state index is 0.219. The Bertz CT molecular complexity index is 646. The van der Waals surface area contributed by atoms with E-state index in [2.05, 4.69) is 18.2 Å². The Labute approximate surface area is 124 Å². The number of carbonyl (C=O) groups excluding carboxylic acids is 1. The van der Waals surface area contributed by atoms with Crippen LogP contribution in [-0.2, 0) is 30.5 Å². The van der Waals surface area contributed by atoms with Crippen LogP contribution in [0.3, 0.4) is 0 Å². The molecule has 0 unspecified atom stereocenters. The van der Waals surface area contributed by atoms with Crippen LogP contribution in [-0.4, -0.2) is 5.78 Å². The molecule has 102 valence electrons. The molecule has 0 heterocycles. The normalized spacial score (nSPS) is 13.2. The maximum absolute atomic E-state index is 12.2. The van der Waals surface area contributed by atoms with Crippen LogP contribution in [0, 0.1) is 0 Å². The molecule has 0 aliphatic heterocycles. The van der Waals surface area contributed by atoms with E-state index >= 15 is 0 Å². The molecular weight excluding hydrogens is 268 g/mol. The summed E-state index contributed by atoms with van der Waals surface area (Å²) in [6, 6.07) is 14.0. The summed E-state index contributed by atoms with van der Waals surface area (Å²) in [6.07, 6.45) is 4.49. The van der Waals surface area contributed by atoms with Crippen molar-refractivity contribution in [1.82, 2.24) is 0 Å². The van der Waals surface area contributed by atoms with Gasteiger partial charge in [-0.2, -0.15) is 0 Å². The summed E-state index contributed by atoms with van der Waals surface area (Å²) in [7, 11) is 0. The van der Waals surface area contributed by atoms with Crippen LogP contribution in [0.15, 0.2) is 42.5 Å². The molecule has 0 bridgehead atoms. The predicted molar refractivity (Wildman–Crippen MR) is 82.3 cm³/mol. The maximum atomic E-state index is 12.2. The van der Waals surface area contributed by atoms with Gasteiger partial charge in [-0.3, -0.25) is 4.79 Å². The number of halogens is 1. The Morgan fingerprint density at radius 1 is 1.00 bits per heavy atom. The van der Waals surface area contributed by atoms with Crippen molar-refractivity contribution < 1.29 is 4.79 Å². The molecule has 0 fully saturated rings. The van der Waals surface area contributed by atoms with Gasteiger partial charge in [0.25, 0.3) is 0 Å². The molecule has 2 aromatic rings. The van der Waals surface area contributed by atoms with Crippen molar-refractivity contribution in [2.75, 3.05) is 0 Å². The van der Waals surface area contributed by atoms with Crippen LogP contribution in [0.4, 0.5) is 0 Å². The summed E-state index contributed by atoms with van der Waals surface area (Å²) in [5.41, 5.74) is 4.92. The second-order valence-electron chi connectivity index (χ2n) is 5.44. The molecular formula is C18H17ClO. The van der Waals surface area contributed by atoms with Gasteiger partial charge in [0, 0.05) is 17.9 Å². The first-order chi connectivity index (χ1) is 9.72. The minimum atomic E-state index is 0.219. The van der Waals surface area contributed by atoms with Crippen molar-refractivity contribution in [2.45, 2.75) is 32.1 Å². The van der Waals surface area contributed by atoms with Crippen molar-refractivity contribution in [3.63, 3.8) is 0 Å². The smallest absolute Gasteiger partial charge is 0.141 e. The van der Waals surface area contributed by atoms with Crippen LogP contribution in [0.1, 0.15) is 28.7 Å². The van der Waals surface area contributed by atoms with Crippen molar-refractivity contribution >= 4 is 17.4 Å². The largest absolute Gasteiger partial charge is 0.299 e. The lowest BCUT2D eigenvalue weighted by atomic mass is 9.99. The number of ketones is 1. The quantitative estimate of drug-likeness (QED) is 0.823. The molecule has 0 N–H and O–H groups in total. The summed E-state index contributed by atoms with van der Waals surface area (Å²) in [6.45, 7) is 0. The van der Waals surface area contributed by atoms with Gasteiger partial charge in [0.05, 0.1) is 0 Å². The summed E-state index contributed by atoms with van der Waals surface area (Å²) < 4.78 is 0. The molecule has 0 atom stereocenters. The molecule has 0 saturated carbocycles. The van der Waals surface area contributed by atoms with Gasteiger partial charge in [-0.25, -0.2) is 0 Å². The number of benzene rings is 2. The summed E-state index contributed by atoms with van der Waals surface area (Å²) in [5.74, 6) is 0.219. The van der Waals surface area contributed by atoms with Gasteiger partial charge in [-0.15, -0.1) is 0 Å². The number of aryl methyl sites for hydroxylation is 2. The van der Waals surface area contributed by atoms with Gasteiger partial charge in [-0.05, 0) is 47.6 Å². The zero-order valence-electron chi connectivity index (χ0n) is 11.4. The van der Waals surface area contributed by atoms with Crippen LogP contribution in [0.25, 0.3) is 0 Å². The first kappa shape index (κ1) is 13.4. The lowest BCUT2D eigenvalue weighted by Crippen LogP contribution is -2.07. The third-order valence-electron chi connectivity index (χ3n) is 3.91. The number of fused-ring (bicyclic) bond motifs is 1. The van der Waals surface area contributed by atoms with E-state index in [9.17, 15) is 4.79 Å². The molecule has 0 aromatic heterocycles. The van der Waals surface area contributed by atoms with Crippen molar-refractivity contribution in [3.8, 4) is 0 Å². The van der Waals surface area contributed by atoms with Gasteiger partial charge in [-0.1, -0.05) is 48.0 Å². The van der Waals surface area contributed by atoms with E-state index in [1.165, 1.54) is 24.0 Å². The van der Waals surface area contributed by atoms with E-state index in [1.54, 1.807) is 0 Å². The fourth-order valence-corrected chi connectivity index (χ4v) is 3.08. The van der Waals surface area contributed by atoms with E-state index in [4.69, 9.17) is 11.6 Å². The van der Waals surface area contributed by atoms with Crippen LogP contribution in [0.2, 0.25) is 5.02 Å². The lowest BCUT2D eigenvalue weighted by Gasteiger charge is -2.06. The highest BCUT2D eigenvalue weighted by Gasteiger charge is 2.13. The summed E-state index contributed by atoms with van der Waals surface area (Å²) >= 11 is 6.10. The van der Waals surface area contributed by atoms with Crippen LogP contribution < -0.4 is 0 Å². The monoisotopic (exact) mass is 284 g/mol. The van der Waals surface area contributed by atoms with E-state index in [0.29, 0.717) is 17.9 Å². The number of hydrogen-bond donors (Lipinski definition) is 0. The van der Waals surface area contributed by atoms with E-state index < -0.39 is 0 Å². The van der Waals surface area contributed by atoms with Crippen LogP contribution >= 0.6 is 11.6 Å². The molecule has 0 saturated heterocycles. The summed E-state index contributed by atoms with van der Waals surface area (Å²) in [5, 5.41) is 0.676.